The maximum Gasteiger partial charge on any atom is 0.243 e. The lowest BCUT2D eigenvalue weighted by Gasteiger charge is -2.42. The van der Waals surface area contributed by atoms with Gasteiger partial charge in [-0.25, -0.2) is 5.01 Å². The lowest BCUT2D eigenvalue weighted by atomic mass is 10.0. The van der Waals surface area contributed by atoms with E-state index in [4.69, 9.17) is 0 Å². The molecule has 0 aromatic heterocycles. The van der Waals surface area contributed by atoms with E-state index < -0.39 is 0 Å². The van der Waals surface area contributed by atoms with E-state index in [1.165, 1.54) is 24.4 Å². The molecule has 1 aromatic carbocycles. The Hall–Kier alpha value is -2.25. The number of hydrazone groups is 1. The van der Waals surface area contributed by atoms with Crippen molar-refractivity contribution < 1.29 is 9.59 Å². The molecule has 0 bridgehead atoms. The molecule has 0 aliphatic carbocycles. The fourth-order valence-electron chi connectivity index (χ4n) is 4.75. The van der Waals surface area contributed by atoms with Crippen LogP contribution in [0.2, 0.25) is 0 Å². The van der Waals surface area contributed by atoms with Gasteiger partial charge in [-0.1, -0.05) is 30.3 Å². The maximum absolute atomic E-state index is 12.6. The Kier molecular flexibility index (Phi) is 6.79. The zero-order valence-electron chi connectivity index (χ0n) is 18.0. The normalized spacial score (nSPS) is 23.5. The molecule has 1 aromatic rings. The van der Waals surface area contributed by atoms with Gasteiger partial charge in [-0.2, -0.15) is 5.10 Å². The average Bonchev–Trinajstić information content (AvgIpc) is 3.28. The van der Waals surface area contributed by atoms with Crippen LogP contribution in [0, 0.1) is 0 Å². The number of hydrogen-bond donors (Lipinski definition) is 0. The van der Waals surface area contributed by atoms with E-state index in [1.54, 1.807) is 0 Å². The van der Waals surface area contributed by atoms with Crippen molar-refractivity contribution in [3.8, 4) is 0 Å². The highest BCUT2D eigenvalue weighted by molar-refractivity contribution is 6.02. The smallest absolute Gasteiger partial charge is 0.243 e. The molecule has 3 aliphatic heterocycles. The van der Waals surface area contributed by atoms with Crippen molar-refractivity contribution in [3.63, 3.8) is 0 Å². The standard InChI is InChI=1S/C23H33N5O2/c1-25-12-5-8-20(18-25)26-14-16-27(17-15-26)22(29)9-10-23(30)28-13-11-21(24-28)19-6-3-2-4-7-19/h2-4,6-7,20H,5,8-18H2,1H3. The van der Waals surface area contributed by atoms with Crippen LogP contribution in [0.15, 0.2) is 35.4 Å². The number of piperazine rings is 1. The van der Waals surface area contributed by atoms with Gasteiger partial charge in [0.1, 0.15) is 0 Å². The number of piperidine rings is 1. The van der Waals surface area contributed by atoms with Gasteiger partial charge < -0.3 is 9.80 Å². The number of likely N-dealkylation sites (N-methyl/N-ethyl adjacent to an activating group) is 1. The van der Waals surface area contributed by atoms with Crippen molar-refractivity contribution in [2.24, 2.45) is 5.10 Å². The van der Waals surface area contributed by atoms with Gasteiger partial charge in [0.2, 0.25) is 11.8 Å². The van der Waals surface area contributed by atoms with E-state index in [9.17, 15) is 9.59 Å². The van der Waals surface area contributed by atoms with Gasteiger partial charge in [-0.3, -0.25) is 14.5 Å². The first-order valence-electron chi connectivity index (χ1n) is 11.2. The Labute approximate surface area is 179 Å². The summed E-state index contributed by atoms with van der Waals surface area (Å²) in [6.07, 6.45) is 3.79. The predicted molar refractivity (Wildman–Crippen MR) is 117 cm³/mol. The third-order valence-electron chi connectivity index (χ3n) is 6.53. The van der Waals surface area contributed by atoms with Gasteiger partial charge in [0, 0.05) is 58.0 Å². The number of nitrogens with zero attached hydrogens (tertiary/aromatic N) is 5. The molecular formula is C23H33N5O2. The predicted octanol–water partition coefficient (Wildman–Crippen LogP) is 1.64. The molecule has 30 heavy (non-hydrogen) atoms. The van der Waals surface area contributed by atoms with Crippen molar-refractivity contribution in [2.45, 2.75) is 38.1 Å². The lowest BCUT2D eigenvalue weighted by molar-refractivity contribution is -0.138. The highest BCUT2D eigenvalue weighted by Gasteiger charge is 2.29. The van der Waals surface area contributed by atoms with Gasteiger partial charge in [0.25, 0.3) is 0 Å². The van der Waals surface area contributed by atoms with Crippen molar-refractivity contribution in [1.29, 1.82) is 0 Å². The fraction of sp³-hybridized carbons (Fsp3) is 0.609. The molecule has 7 heteroatoms. The lowest BCUT2D eigenvalue weighted by Crippen LogP contribution is -2.55. The van der Waals surface area contributed by atoms with Crippen molar-refractivity contribution in [1.82, 2.24) is 19.7 Å². The Morgan fingerprint density at radius 1 is 0.967 bits per heavy atom. The van der Waals surface area contributed by atoms with Gasteiger partial charge in [-0.05, 0) is 32.0 Å². The van der Waals surface area contributed by atoms with E-state index >= 15 is 0 Å². The molecule has 162 valence electrons. The first-order chi connectivity index (χ1) is 14.6. The summed E-state index contributed by atoms with van der Waals surface area (Å²) in [5.41, 5.74) is 2.01. The molecule has 2 amide bonds. The van der Waals surface area contributed by atoms with Crippen molar-refractivity contribution >= 4 is 17.5 Å². The van der Waals surface area contributed by atoms with Crippen LogP contribution in [-0.2, 0) is 9.59 Å². The topological polar surface area (TPSA) is 59.5 Å². The second-order valence-corrected chi connectivity index (χ2v) is 8.65. The van der Waals surface area contributed by atoms with Crippen LogP contribution < -0.4 is 0 Å². The summed E-state index contributed by atoms with van der Waals surface area (Å²) >= 11 is 0. The monoisotopic (exact) mass is 411 g/mol. The first kappa shape index (κ1) is 21.0. The number of likely N-dealkylation sites (tertiary alicyclic amines) is 1. The Bertz CT molecular complexity index is 773. The molecule has 3 aliphatic rings. The summed E-state index contributed by atoms with van der Waals surface area (Å²) in [4.78, 5) is 32.0. The second-order valence-electron chi connectivity index (χ2n) is 8.65. The number of benzene rings is 1. The third-order valence-corrected chi connectivity index (χ3v) is 6.53. The molecule has 0 saturated carbocycles. The summed E-state index contributed by atoms with van der Waals surface area (Å²) in [5, 5.41) is 6.02. The third kappa shape index (κ3) is 5.08. The highest BCUT2D eigenvalue weighted by atomic mass is 16.2. The van der Waals surface area contributed by atoms with Gasteiger partial charge in [0.05, 0.1) is 12.3 Å². The number of rotatable bonds is 5. The summed E-state index contributed by atoms with van der Waals surface area (Å²) in [7, 11) is 2.19. The Balaban J connectivity index is 1.21. The second kappa shape index (κ2) is 9.71. The van der Waals surface area contributed by atoms with Crippen molar-refractivity contribution in [2.75, 3.05) is 52.9 Å². The van der Waals surface area contributed by atoms with Gasteiger partial charge >= 0.3 is 0 Å². The van der Waals surface area contributed by atoms with E-state index in [2.05, 4.69) is 21.9 Å². The zero-order valence-corrected chi connectivity index (χ0v) is 18.0. The molecular weight excluding hydrogens is 378 g/mol. The minimum absolute atomic E-state index is 0.0573. The van der Waals surface area contributed by atoms with Gasteiger partial charge in [-0.15, -0.1) is 0 Å². The molecule has 1 unspecified atom stereocenters. The summed E-state index contributed by atoms with van der Waals surface area (Å²) in [6, 6.07) is 10.6. The van der Waals surface area contributed by atoms with E-state index in [0.717, 1.165) is 50.4 Å². The Morgan fingerprint density at radius 3 is 2.43 bits per heavy atom. The molecule has 3 heterocycles. The summed E-state index contributed by atoms with van der Waals surface area (Å²) in [6.45, 7) is 6.34. The molecule has 0 radical (unpaired) electrons. The molecule has 2 saturated heterocycles. The van der Waals surface area contributed by atoms with E-state index in [0.29, 0.717) is 12.6 Å². The SMILES string of the molecule is CN1CCCC(N2CCN(C(=O)CCC(=O)N3CCC(c4ccccc4)=N3)CC2)C1. The van der Waals surface area contributed by atoms with Crippen LogP contribution >= 0.6 is 0 Å². The van der Waals surface area contributed by atoms with E-state index in [-0.39, 0.29) is 24.7 Å². The van der Waals surface area contributed by atoms with Crippen LogP contribution in [-0.4, -0.2) is 96.1 Å². The molecule has 7 nitrogen and oxygen atoms in total. The quantitative estimate of drug-likeness (QED) is 0.739. The van der Waals surface area contributed by atoms with Crippen LogP contribution in [0.25, 0.3) is 0 Å². The first-order valence-corrected chi connectivity index (χ1v) is 11.2. The summed E-state index contributed by atoms with van der Waals surface area (Å²) in [5.74, 6) is 0.0355. The minimum atomic E-state index is -0.0573. The van der Waals surface area contributed by atoms with Crippen LogP contribution in [0.1, 0.15) is 37.7 Å². The number of amides is 2. The summed E-state index contributed by atoms with van der Waals surface area (Å²) < 4.78 is 0. The zero-order chi connectivity index (χ0) is 20.9. The van der Waals surface area contributed by atoms with E-state index in [1.807, 2.05) is 35.2 Å². The highest BCUT2D eigenvalue weighted by Crippen LogP contribution is 2.18. The van der Waals surface area contributed by atoms with Crippen LogP contribution in [0.4, 0.5) is 0 Å². The number of carbonyl (C=O) groups excluding carboxylic acids is 2. The molecule has 2 fully saturated rings. The molecule has 0 spiro atoms. The maximum atomic E-state index is 12.6. The van der Waals surface area contributed by atoms with Gasteiger partial charge in [0.15, 0.2) is 0 Å². The Morgan fingerprint density at radius 2 is 1.70 bits per heavy atom. The number of carbonyl (C=O) groups is 2. The minimum Gasteiger partial charge on any atom is -0.340 e. The average molecular weight is 412 g/mol. The number of hydrogen-bond acceptors (Lipinski definition) is 5. The van der Waals surface area contributed by atoms with Crippen LogP contribution in [0.3, 0.4) is 0 Å². The largest absolute Gasteiger partial charge is 0.340 e. The fourth-order valence-corrected chi connectivity index (χ4v) is 4.75. The molecule has 4 rings (SSSR count). The van der Waals surface area contributed by atoms with Crippen molar-refractivity contribution in [3.05, 3.63) is 35.9 Å². The molecule has 0 N–H and O–H groups in total. The molecule has 1 atom stereocenters. The van der Waals surface area contributed by atoms with Crippen LogP contribution in [0.5, 0.6) is 0 Å².